The summed E-state index contributed by atoms with van der Waals surface area (Å²) in [6.45, 7) is 3.39. The number of methoxy groups -OCH3 is 1. The molecule has 1 aliphatic heterocycles. The third kappa shape index (κ3) is 7.12. The zero-order chi connectivity index (χ0) is 22.8. The Labute approximate surface area is 180 Å². The van der Waals surface area contributed by atoms with E-state index >= 15 is 0 Å². The van der Waals surface area contributed by atoms with E-state index in [9.17, 15) is 24.5 Å². The van der Waals surface area contributed by atoms with Gasteiger partial charge in [-0.15, -0.1) is 0 Å². The Kier molecular flexibility index (Phi) is 9.04. The average molecular weight is 436 g/mol. The quantitative estimate of drug-likeness (QED) is 0.342. The largest absolute Gasteiger partial charge is 0.496 e. The van der Waals surface area contributed by atoms with Gasteiger partial charge in [0.05, 0.1) is 24.2 Å². The number of nitro benzene ring substituents is 1. The maximum absolute atomic E-state index is 12.3. The Morgan fingerprint density at radius 2 is 1.97 bits per heavy atom. The Morgan fingerprint density at radius 3 is 2.58 bits per heavy atom. The van der Waals surface area contributed by atoms with Gasteiger partial charge in [-0.05, 0) is 32.3 Å². The van der Waals surface area contributed by atoms with Crippen molar-refractivity contribution in [1.29, 1.82) is 0 Å². The Morgan fingerprint density at radius 1 is 1.26 bits per heavy atom. The van der Waals surface area contributed by atoms with Gasteiger partial charge in [-0.25, -0.2) is 4.79 Å². The van der Waals surface area contributed by atoms with Crippen molar-refractivity contribution in [2.75, 3.05) is 33.4 Å². The van der Waals surface area contributed by atoms with Crippen molar-refractivity contribution < 1.29 is 28.8 Å². The first kappa shape index (κ1) is 23.9. The Hall–Kier alpha value is -3.37. The van der Waals surface area contributed by atoms with Crippen molar-refractivity contribution in [3.8, 4) is 5.75 Å². The summed E-state index contributed by atoms with van der Waals surface area (Å²) in [4.78, 5) is 48.1. The standard InChI is InChI=1S/C20H28N4O7/c1-3-31-20(27)23-11-8-14(9-12-23)22-18(25)5-4-10-21-19(26)16-13-15(24(28)29)6-7-17(16)30-2/h6-7,13-14H,3-5,8-12H2,1-2H3,(H,21,26)(H,22,25). The van der Waals surface area contributed by atoms with Gasteiger partial charge in [0.2, 0.25) is 5.91 Å². The van der Waals surface area contributed by atoms with Crippen LogP contribution in [-0.4, -0.2) is 67.1 Å². The highest BCUT2D eigenvalue weighted by Gasteiger charge is 2.24. The molecule has 2 N–H and O–H groups in total. The van der Waals surface area contributed by atoms with Crippen LogP contribution >= 0.6 is 0 Å². The first-order valence-corrected chi connectivity index (χ1v) is 10.2. The van der Waals surface area contributed by atoms with E-state index in [4.69, 9.17) is 9.47 Å². The molecule has 0 aliphatic carbocycles. The van der Waals surface area contributed by atoms with Gasteiger partial charge in [0, 0.05) is 44.2 Å². The molecule has 0 atom stereocenters. The second-order valence-corrected chi connectivity index (χ2v) is 7.03. The van der Waals surface area contributed by atoms with E-state index < -0.39 is 10.8 Å². The highest BCUT2D eigenvalue weighted by Crippen LogP contribution is 2.23. The predicted molar refractivity (Wildman–Crippen MR) is 111 cm³/mol. The van der Waals surface area contributed by atoms with Crippen LogP contribution in [0.3, 0.4) is 0 Å². The van der Waals surface area contributed by atoms with Gasteiger partial charge in [-0.2, -0.15) is 0 Å². The molecule has 31 heavy (non-hydrogen) atoms. The van der Waals surface area contributed by atoms with E-state index in [1.54, 1.807) is 11.8 Å². The van der Waals surface area contributed by atoms with Crippen LogP contribution in [0, 0.1) is 10.1 Å². The molecule has 1 heterocycles. The van der Waals surface area contributed by atoms with E-state index in [1.165, 1.54) is 19.2 Å². The van der Waals surface area contributed by atoms with Crippen molar-refractivity contribution in [3.05, 3.63) is 33.9 Å². The van der Waals surface area contributed by atoms with Gasteiger partial charge >= 0.3 is 6.09 Å². The smallest absolute Gasteiger partial charge is 0.409 e. The number of carbonyl (C=O) groups excluding carboxylic acids is 3. The van der Waals surface area contributed by atoms with Gasteiger partial charge in [0.15, 0.2) is 0 Å². The molecule has 3 amide bonds. The molecule has 0 bridgehead atoms. The molecular weight excluding hydrogens is 408 g/mol. The Balaban J connectivity index is 1.71. The summed E-state index contributed by atoms with van der Waals surface area (Å²) in [5, 5.41) is 16.5. The molecule has 1 saturated heterocycles. The summed E-state index contributed by atoms with van der Waals surface area (Å²) >= 11 is 0. The number of nitrogens with one attached hydrogen (secondary N) is 2. The molecule has 1 aromatic rings. The van der Waals surface area contributed by atoms with Crippen molar-refractivity contribution in [2.45, 2.75) is 38.6 Å². The van der Waals surface area contributed by atoms with Crippen LogP contribution in [0.1, 0.15) is 43.0 Å². The normalized spacial score (nSPS) is 13.9. The molecule has 0 radical (unpaired) electrons. The van der Waals surface area contributed by atoms with Crippen molar-refractivity contribution >= 4 is 23.6 Å². The minimum atomic E-state index is -0.586. The predicted octanol–water partition coefficient (Wildman–Crippen LogP) is 1.85. The number of non-ortho nitro benzene ring substituents is 1. The van der Waals surface area contributed by atoms with Gasteiger partial charge in [-0.3, -0.25) is 19.7 Å². The fourth-order valence-corrected chi connectivity index (χ4v) is 3.25. The second kappa shape index (κ2) is 11.7. The number of rotatable bonds is 9. The summed E-state index contributed by atoms with van der Waals surface area (Å²) in [5.74, 6) is -0.404. The number of nitrogens with zero attached hydrogens (tertiary/aromatic N) is 2. The first-order chi connectivity index (χ1) is 14.8. The Bertz CT molecular complexity index is 807. The number of ether oxygens (including phenoxy) is 2. The number of benzene rings is 1. The van der Waals surface area contributed by atoms with Crippen LogP contribution in [0.2, 0.25) is 0 Å². The third-order valence-electron chi connectivity index (χ3n) is 4.89. The second-order valence-electron chi connectivity index (χ2n) is 7.03. The molecule has 1 aromatic carbocycles. The molecule has 11 nitrogen and oxygen atoms in total. The summed E-state index contributed by atoms with van der Waals surface area (Å²) in [6.07, 6.45) is 1.63. The molecule has 0 aromatic heterocycles. The molecule has 1 aliphatic rings. The van der Waals surface area contributed by atoms with E-state index in [0.717, 1.165) is 6.07 Å². The summed E-state index contributed by atoms with van der Waals surface area (Å²) in [6, 6.07) is 3.79. The van der Waals surface area contributed by atoms with Crippen molar-refractivity contribution in [3.63, 3.8) is 0 Å². The number of piperidine rings is 1. The van der Waals surface area contributed by atoms with Gasteiger partial charge in [0.1, 0.15) is 5.75 Å². The molecular formula is C20H28N4O7. The van der Waals surface area contributed by atoms with Crippen LogP contribution in [0.25, 0.3) is 0 Å². The average Bonchev–Trinajstić information content (AvgIpc) is 2.76. The zero-order valence-corrected chi connectivity index (χ0v) is 17.7. The fourth-order valence-electron chi connectivity index (χ4n) is 3.25. The van der Waals surface area contributed by atoms with Crippen LogP contribution in [-0.2, 0) is 9.53 Å². The lowest BCUT2D eigenvalue weighted by Gasteiger charge is -2.31. The lowest BCUT2D eigenvalue weighted by atomic mass is 10.1. The highest BCUT2D eigenvalue weighted by atomic mass is 16.6. The topological polar surface area (TPSA) is 140 Å². The zero-order valence-electron chi connectivity index (χ0n) is 17.7. The van der Waals surface area contributed by atoms with E-state index in [0.29, 0.717) is 39.0 Å². The van der Waals surface area contributed by atoms with Gasteiger partial charge in [0.25, 0.3) is 11.6 Å². The molecule has 0 saturated carbocycles. The third-order valence-corrected chi connectivity index (χ3v) is 4.89. The number of carbonyl (C=O) groups is 3. The first-order valence-electron chi connectivity index (χ1n) is 10.2. The van der Waals surface area contributed by atoms with Crippen LogP contribution < -0.4 is 15.4 Å². The minimum Gasteiger partial charge on any atom is -0.496 e. The molecule has 0 unspecified atom stereocenters. The summed E-state index contributed by atoms with van der Waals surface area (Å²) < 4.78 is 10.1. The lowest BCUT2D eigenvalue weighted by Crippen LogP contribution is -2.46. The fraction of sp³-hybridized carbons (Fsp3) is 0.550. The van der Waals surface area contributed by atoms with E-state index in [2.05, 4.69) is 10.6 Å². The molecule has 2 rings (SSSR count). The lowest BCUT2D eigenvalue weighted by molar-refractivity contribution is -0.384. The SMILES string of the molecule is CCOC(=O)N1CCC(NC(=O)CCCNC(=O)c2cc([N+](=O)[O-])ccc2OC)CC1. The maximum Gasteiger partial charge on any atom is 0.409 e. The van der Waals surface area contributed by atoms with Crippen LogP contribution in [0.15, 0.2) is 18.2 Å². The summed E-state index contributed by atoms with van der Waals surface area (Å²) in [7, 11) is 1.37. The maximum atomic E-state index is 12.3. The number of nitro groups is 1. The van der Waals surface area contributed by atoms with E-state index in [-0.39, 0.29) is 48.0 Å². The number of hydrogen-bond acceptors (Lipinski definition) is 7. The minimum absolute atomic E-state index is 0.00176. The number of hydrogen-bond donors (Lipinski definition) is 2. The number of amides is 3. The van der Waals surface area contributed by atoms with Crippen molar-refractivity contribution in [1.82, 2.24) is 15.5 Å². The van der Waals surface area contributed by atoms with E-state index in [1.807, 2.05) is 0 Å². The van der Waals surface area contributed by atoms with Gasteiger partial charge in [-0.1, -0.05) is 0 Å². The van der Waals surface area contributed by atoms with Crippen LogP contribution in [0.5, 0.6) is 5.75 Å². The molecule has 1 fully saturated rings. The molecule has 0 spiro atoms. The van der Waals surface area contributed by atoms with Crippen molar-refractivity contribution in [2.24, 2.45) is 0 Å². The highest BCUT2D eigenvalue weighted by molar-refractivity contribution is 5.97. The van der Waals surface area contributed by atoms with Gasteiger partial charge < -0.3 is 25.0 Å². The van der Waals surface area contributed by atoms with Crippen LogP contribution in [0.4, 0.5) is 10.5 Å². The monoisotopic (exact) mass is 436 g/mol. The number of likely N-dealkylation sites (tertiary alicyclic amines) is 1. The summed E-state index contributed by atoms with van der Waals surface area (Å²) in [5.41, 5.74) is -0.145. The molecule has 170 valence electrons. The molecule has 11 heteroatoms.